The molecular weight excluding hydrogens is 174 g/mol. The number of piperidine rings is 1. The van der Waals surface area contributed by atoms with Gasteiger partial charge in [0.15, 0.2) is 0 Å². The average molecular weight is 199 g/mol. The molecule has 1 fully saturated rings. The largest absolute Gasteiger partial charge is 0.330 e. The van der Waals surface area contributed by atoms with Gasteiger partial charge < -0.3 is 16.0 Å². The van der Waals surface area contributed by atoms with E-state index in [0.717, 1.165) is 25.6 Å². The molecule has 0 saturated carbocycles. The minimum Gasteiger partial charge on any atom is -0.330 e. The van der Waals surface area contributed by atoms with Crippen LogP contribution in [0, 0.1) is 11.8 Å². The molecule has 1 heterocycles. The third-order valence-electron chi connectivity index (χ3n) is 3.29. The smallest absolute Gasteiger partial charge is 0.00356 e. The van der Waals surface area contributed by atoms with Crippen LogP contribution in [-0.4, -0.2) is 44.2 Å². The van der Waals surface area contributed by atoms with Crippen molar-refractivity contribution in [1.29, 1.82) is 0 Å². The highest BCUT2D eigenvalue weighted by atomic mass is 15.1. The van der Waals surface area contributed by atoms with E-state index in [2.05, 4.69) is 31.1 Å². The molecule has 0 spiro atoms. The minimum atomic E-state index is 0.647. The summed E-state index contributed by atoms with van der Waals surface area (Å²) in [5.74, 6) is 1.47. The Morgan fingerprint density at radius 3 is 2.57 bits per heavy atom. The Hall–Kier alpha value is -0.120. The molecule has 0 bridgehead atoms. The van der Waals surface area contributed by atoms with Gasteiger partial charge in [-0.15, -0.1) is 0 Å². The lowest BCUT2D eigenvalue weighted by Crippen LogP contribution is -2.44. The minimum absolute atomic E-state index is 0.647. The van der Waals surface area contributed by atoms with Crippen molar-refractivity contribution in [2.75, 3.05) is 33.2 Å². The van der Waals surface area contributed by atoms with Crippen LogP contribution in [0.3, 0.4) is 0 Å². The van der Waals surface area contributed by atoms with Crippen LogP contribution in [0.5, 0.6) is 0 Å². The molecule has 1 aliphatic heterocycles. The molecule has 0 aliphatic carbocycles. The summed E-state index contributed by atoms with van der Waals surface area (Å²) >= 11 is 0. The normalized spacial score (nSPS) is 28.7. The molecule has 84 valence electrons. The van der Waals surface area contributed by atoms with Gasteiger partial charge in [-0.2, -0.15) is 0 Å². The molecule has 1 aliphatic rings. The van der Waals surface area contributed by atoms with E-state index in [1.165, 1.54) is 13.0 Å². The van der Waals surface area contributed by atoms with Gasteiger partial charge in [-0.3, -0.25) is 0 Å². The van der Waals surface area contributed by atoms with Crippen LogP contribution in [0.1, 0.15) is 20.3 Å². The van der Waals surface area contributed by atoms with Crippen molar-refractivity contribution in [2.24, 2.45) is 17.6 Å². The Balaban J connectivity index is 2.30. The van der Waals surface area contributed by atoms with Crippen molar-refractivity contribution in [1.82, 2.24) is 10.2 Å². The molecule has 3 heteroatoms. The van der Waals surface area contributed by atoms with Crippen LogP contribution >= 0.6 is 0 Å². The van der Waals surface area contributed by atoms with Crippen molar-refractivity contribution in [3.8, 4) is 0 Å². The van der Waals surface area contributed by atoms with Gasteiger partial charge in [0.05, 0.1) is 0 Å². The van der Waals surface area contributed by atoms with Gasteiger partial charge >= 0.3 is 0 Å². The number of hydrogen-bond acceptors (Lipinski definition) is 3. The SMILES string of the molecule is CC(C)N(C)CC1CNCC(CN)C1. The third-order valence-corrected chi connectivity index (χ3v) is 3.29. The first-order valence-electron chi connectivity index (χ1n) is 5.74. The summed E-state index contributed by atoms with van der Waals surface area (Å²) in [6.07, 6.45) is 1.29. The highest BCUT2D eigenvalue weighted by Crippen LogP contribution is 2.16. The van der Waals surface area contributed by atoms with Crippen LogP contribution in [-0.2, 0) is 0 Å². The van der Waals surface area contributed by atoms with Crippen LogP contribution in [0.15, 0.2) is 0 Å². The van der Waals surface area contributed by atoms with Crippen LogP contribution in [0.25, 0.3) is 0 Å². The summed E-state index contributed by atoms with van der Waals surface area (Å²) in [5.41, 5.74) is 5.70. The van der Waals surface area contributed by atoms with Gasteiger partial charge in [-0.1, -0.05) is 0 Å². The second-order valence-corrected chi connectivity index (χ2v) is 4.90. The summed E-state index contributed by atoms with van der Waals surface area (Å²) in [6.45, 7) is 8.79. The first kappa shape index (κ1) is 12.0. The fourth-order valence-corrected chi connectivity index (χ4v) is 2.07. The molecule has 3 N–H and O–H groups in total. The number of nitrogens with one attached hydrogen (secondary N) is 1. The highest BCUT2D eigenvalue weighted by molar-refractivity contribution is 4.79. The molecule has 0 aromatic rings. The van der Waals surface area contributed by atoms with Gasteiger partial charge in [0.1, 0.15) is 0 Å². The monoisotopic (exact) mass is 199 g/mol. The zero-order valence-electron chi connectivity index (χ0n) is 9.79. The first-order chi connectivity index (χ1) is 6.63. The van der Waals surface area contributed by atoms with E-state index < -0.39 is 0 Å². The van der Waals surface area contributed by atoms with E-state index in [9.17, 15) is 0 Å². The number of nitrogens with two attached hydrogens (primary N) is 1. The number of hydrogen-bond donors (Lipinski definition) is 2. The molecule has 2 atom stereocenters. The lowest BCUT2D eigenvalue weighted by Gasteiger charge is -2.33. The van der Waals surface area contributed by atoms with E-state index in [0.29, 0.717) is 12.0 Å². The van der Waals surface area contributed by atoms with Gasteiger partial charge in [-0.05, 0) is 58.8 Å². The van der Waals surface area contributed by atoms with Gasteiger partial charge in [0.2, 0.25) is 0 Å². The Morgan fingerprint density at radius 1 is 1.36 bits per heavy atom. The van der Waals surface area contributed by atoms with E-state index in [4.69, 9.17) is 5.73 Å². The van der Waals surface area contributed by atoms with Crippen LogP contribution in [0.2, 0.25) is 0 Å². The molecule has 0 aromatic carbocycles. The van der Waals surface area contributed by atoms with E-state index in [-0.39, 0.29) is 0 Å². The zero-order valence-corrected chi connectivity index (χ0v) is 9.79. The summed E-state index contributed by atoms with van der Waals surface area (Å²) < 4.78 is 0. The standard InChI is InChI=1S/C11H25N3/c1-9(2)14(3)8-11-4-10(5-12)6-13-7-11/h9-11,13H,4-8,12H2,1-3H3. The fourth-order valence-electron chi connectivity index (χ4n) is 2.07. The van der Waals surface area contributed by atoms with Crippen molar-refractivity contribution in [2.45, 2.75) is 26.3 Å². The summed E-state index contributed by atoms with van der Waals surface area (Å²) in [7, 11) is 2.21. The zero-order chi connectivity index (χ0) is 10.6. The van der Waals surface area contributed by atoms with Crippen molar-refractivity contribution < 1.29 is 0 Å². The predicted molar refractivity (Wildman–Crippen MR) is 61.3 cm³/mol. The molecule has 0 amide bonds. The Bertz CT molecular complexity index is 159. The summed E-state index contributed by atoms with van der Waals surface area (Å²) in [5, 5.41) is 3.47. The van der Waals surface area contributed by atoms with Crippen LogP contribution in [0.4, 0.5) is 0 Å². The quantitative estimate of drug-likeness (QED) is 0.693. The molecule has 3 nitrogen and oxygen atoms in total. The van der Waals surface area contributed by atoms with Crippen molar-refractivity contribution in [3.05, 3.63) is 0 Å². The van der Waals surface area contributed by atoms with Crippen molar-refractivity contribution in [3.63, 3.8) is 0 Å². The first-order valence-corrected chi connectivity index (χ1v) is 5.74. The Morgan fingerprint density at radius 2 is 2.00 bits per heavy atom. The molecule has 0 radical (unpaired) electrons. The van der Waals surface area contributed by atoms with E-state index >= 15 is 0 Å². The molecular formula is C11H25N3. The predicted octanol–water partition coefficient (Wildman–Crippen LogP) is 0.511. The van der Waals surface area contributed by atoms with Gasteiger partial charge in [0.25, 0.3) is 0 Å². The lowest BCUT2D eigenvalue weighted by atomic mass is 9.90. The molecule has 1 saturated heterocycles. The van der Waals surface area contributed by atoms with E-state index in [1.54, 1.807) is 0 Å². The van der Waals surface area contributed by atoms with Crippen molar-refractivity contribution >= 4 is 0 Å². The maximum Gasteiger partial charge on any atom is 0.00356 e. The van der Waals surface area contributed by atoms with Crippen LogP contribution < -0.4 is 11.1 Å². The molecule has 2 unspecified atom stereocenters. The number of rotatable bonds is 4. The second kappa shape index (κ2) is 5.69. The summed E-state index contributed by atoms with van der Waals surface area (Å²) in [6, 6.07) is 0.647. The average Bonchev–Trinajstić information content (AvgIpc) is 2.18. The topological polar surface area (TPSA) is 41.3 Å². The second-order valence-electron chi connectivity index (χ2n) is 4.90. The third kappa shape index (κ3) is 3.56. The van der Waals surface area contributed by atoms with E-state index in [1.807, 2.05) is 0 Å². The molecule has 14 heavy (non-hydrogen) atoms. The maximum atomic E-state index is 5.70. The van der Waals surface area contributed by atoms with Gasteiger partial charge in [0, 0.05) is 12.6 Å². The highest BCUT2D eigenvalue weighted by Gasteiger charge is 2.22. The lowest BCUT2D eigenvalue weighted by molar-refractivity contribution is 0.186. The Kier molecular flexibility index (Phi) is 4.85. The number of nitrogens with zero attached hydrogens (tertiary/aromatic N) is 1. The molecule has 0 aromatic heterocycles. The fraction of sp³-hybridized carbons (Fsp3) is 1.00. The van der Waals surface area contributed by atoms with Gasteiger partial charge in [-0.25, -0.2) is 0 Å². The molecule has 1 rings (SSSR count). The Labute approximate surface area is 88.0 Å². The maximum absolute atomic E-state index is 5.70. The summed E-state index contributed by atoms with van der Waals surface area (Å²) in [4.78, 5) is 2.42.